The molecule has 0 spiro atoms. The van der Waals surface area contributed by atoms with Crippen LogP contribution in [0.2, 0.25) is 0 Å². The van der Waals surface area contributed by atoms with Crippen LogP contribution >= 0.6 is 15.9 Å². The first-order valence-corrected chi connectivity index (χ1v) is 9.45. The van der Waals surface area contributed by atoms with Gasteiger partial charge in [-0.05, 0) is 48.9 Å². The molecule has 2 aromatic carbocycles. The van der Waals surface area contributed by atoms with E-state index in [4.69, 9.17) is 4.42 Å². The maximum atomic E-state index is 12.6. The van der Waals surface area contributed by atoms with E-state index in [1.54, 1.807) is 12.3 Å². The Kier molecular flexibility index (Phi) is 4.72. The van der Waals surface area contributed by atoms with Crippen LogP contribution in [-0.4, -0.2) is 10.5 Å². The lowest BCUT2D eigenvalue weighted by Crippen LogP contribution is -2.04. The van der Waals surface area contributed by atoms with Gasteiger partial charge < -0.3 is 4.42 Å². The number of carbonyl (C=O) groups excluding carboxylic acids is 1. The van der Waals surface area contributed by atoms with Crippen molar-refractivity contribution in [2.75, 3.05) is 0 Å². The molecule has 0 atom stereocenters. The molecule has 0 saturated heterocycles. The van der Waals surface area contributed by atoms with Gasteiger partial charge in [-0.15, -0.1) is 0 Å². The van der Waals surface area contributed by atoms with Crippen LogP contribution in [0.25, 0.3) is 28.3 Å². The van der Waals surface area contributed by atoms with Gasteiger partial charge in [0.25, 0.3) is 5.91 Å². The molecule has 2 aromatic heterocycles. The number of nitrogens with zero attached hydrogens (tertiary/aromatic N) is 2. The molecule has 0 radical (unpaired) electrons. The minimum atomic E-state index is -0.243. The predicted octanol–water partition coefficient (Wildman–Crippen LogP) is 6.20. The van der Waals surface area contributed by atoms with Gasteiger partial charge in [-0.2, -0.15) is 5.26 Å². The number of halogens is 1. The van der Waals surface area contributed by atoms with Crippen LogP contribution < -0.4 is 0 Å². The predicted molar refractivity (Wildman–Crippen MR) is 113 cm³/mol. The van der Waals surface area contributed by atoms with Crippen molar-refractivity contribution in [3.63, 3.8) is 0 Å². The average molecular weight is 431 g/mol. The fraction of sp³-hybridized carbons (Fsp3) is 0.0435. The monoisotopic (exact) mass is 430 g/mol. The summed E-state index contributed by atoms with van der Waals surface area (Å²) in [5, 5.41) is 10.0. The summed E-state index contributed by atoms with van der Waals surface area (Å²) in [7, 11) is 0. The second-order valence-electron chi connectivity index (χ2n) is 6.40. The Labute approximate surface area is 170 Å². The minimum absolute atomic E-state index is 0.243. The minimum Gasteiger partial charge on any atom is -0.457 e. The van der Waals surface area contributed by atoms with E-state index in [1.165, 1.54) is 10.6 Å². The number of benzene rings is 2. The van der Waals surface area contributed by atoms with Crippen molar-refractivity contribution in [1.82, 2.24) is 4.57 Å². The third kappa shape index (κ3) is 3.30. The Bertz CT molecular complexity index is 1270. The zero-order valence-electron chi connectivity index (χ0n) is 15.0. The fourth-order valence-corrected chi connectivity index (χ4v) is 3.78. The molecule has 0 aliphatic heterocycles. The van der Waals surface area contributed by atoms with Crippen LogP contribution in [0.1, 0.15) is 21.7 Å². The summed E-state index contributed by atoms with van der Waals surface area (Å²) in [6.07, 6.45) is 4.64. The smallest absolute Gasteiger partial charge is 0.255 e. The van der Waals surface area contributed by atoms with E-state index >= 15 is 0 Å². The molecule has 0 aliphatic rings. The molecule has 28 heavy (non-hydrogen) atoms. The first-order valence-electron chi connectivity index (χ1n) is 8.66. The van der Waals surface area contributed by atoms with Gasteiger partial charge in [0.1, 0.15) is 17.6 Å². The maximum Gasteiger partial charge on any atom is 0.255 e. The van der Waals surface area contributed by atoms with Gasteiger partial charge in [-0.3, -0.25) is 9.36 Å². The van der Waals surface area contributed by atoms with Crippen molar-refractivity contribution in [3.05, 3.63) is 88.2 Å². The molecule has 2 heterocycles. The number of aryl methyl sites for hydroxylation is 1. The van der Waals surface area contributed by atoms with Crippen LogP contribution in [0.4, 0.5) is 0 Å². The summed E-state index contributed by atoms with van der Waals surface area (Å²) in [6.45, 7) is 2.03. The molecule has 136 valence electrons. The van der Waals surface area contributed by atoms with Crippen LogP contribution in [0.15, 0.2) is 75.8 Å². The first kappa shape index (κ1) is 18.0. The molecule has 0 bridgehead atoms. The summed E-state index contributed by atoms with van der Waals surface area (Å²) in [6, 6.07) is 19.2. The van der Waals surface area contributed by atoms with Gasteiger partial charge in [-0.25, -0.2) is 0 Å². The summed E-state index contributed by atoms with van der Waals surface area (Å²) < 4.78 is 8.29. The van der Waals surface area contributed by atoms with E-state index < -0.39 is 0 Å². The molecule has 0 saturated carbocycles. The number of aromatic nitrogens is 1. The Morgan fingerprint density at radius 3 is 2.79 bits per heavy atom. The number of nitriles is 1. The lowest BCUT2D eigenvalue weighted by Gasteiger charge is -2.02. The first-order chi connectivity index (χ1) is 13.6. The normalized spacial score (nSPS) is 11.2. The van der Waals surface area contributed by atoms with Gasteiger partial charge in [0.2, 0.25) is 0 Å². The SMILES string of the molecule is Cc1ccc(-c2ccc(/C=C/C(=O)n3cc(C#N)c4ccccc43)o2)c(Br)c1. The highest BCUT2D eigenvalue weighted by molar-refractivity contribution is 9.10. The lowest BCUT2D eigenvalue weighted by atomic mass is 10.1. The quantitative estimate of drug-likeness (QED) is 0.363. The third-order valence-corrected chi connectivity index (χ3v) is 5.13. The van der Waals surface area contributed by atoms with Crippen LogP contribution in [-0.2, 0) is 0 Å². The number of fused-ring (bicyclic) bond motifs is 1. The average Bonchev–Trinajstić information content (AvgIpc) is 3.31. The van der Waals surface area contributed by atoms with Crippen molar-refractivity contribution in [2.45, 2.75) is 6.92 Å². The molecule has 4 rings (SSSR count). The molecule has 0 unspecified atom stereocenters. The van der Waals surface area contributed by atoms with E-state index in [2.05, 4.69) is 22.0 Å². The zero-order valence-corrected chi connectivity index (χ0v) is 16.6. The summed E-state index contributed by atoms with van der Waals surface area (Å²) in [5.74, 6) is 1.05. The molecule has 0 fully saturated rings. The van der Waals surface area contributed by atoms with Crippen LogP contribution in [0.3, 0.4) is 0 Å². The highest BCUT2D eigenvalue weighted by Crippen LogP contribution is 2.30. The summed E-state index contributed by atoms with van der Waals surface area (Å²) in [5.41, 5.74) is 3.29. The maximum absolute atomic E-state index is 12.6. The van der Waals surface area contributed by atoms with Gasteiger partial charge in [0.15, 0.2) is 0 Å². The molecular weight excluding hydrogens is 416 g/mol. The number of hydrogen-bond acceptors (Lipinski definition) is 3. The lowest BCUT2D eigenvalue weighted by molar-refractivity contribution is 0.0974. The van der Waals surface area contributed by atoms with Crippen molar-refractivity contribution in [2.24, 2.45) is 0 Å². The largest absolute Gasteiger partial charge is 0.457 e. The summed E-state index contributed by atoms with van der Waals surface area (Å²) >= 11 is 3.56. The highest BCUT2D eigenvalue weighted by atomic mass is 79.9. The second kappa shape index (κ2) is 7.34. The molecule has 0 amide bonds. The number of allylic oxidation sites excluding steroid dienone is 1. The Morgan fingerprint density at radius 2 is 2.00 bits per heavy atom. The van der Waals surface area contributed by atoms with Crippen molar-refractivity contribution >= 4 is 38.8 Å². The second-order valence-corrected chi connectivity index (χ2v) is 7.25. The Balaban J connectivity index is 1.61. The van der Waals surface area contributed by atoms with Crippen LogP contribution in [0, 0.1) is 18.3 Å². The van der Waals surface area contributed by atoms with Gasteiger partial charge in [-0.1, -0.05) is 40.2 Å². The van der Waals surface area contributed by atoms with E-state index in [0.717, 1.165) is 26.7 Å². The topological polar surface area (TPSA) is 58.9 Å². The molecule has 0 aliphatic carbocycles. The van der Waals surface area contributed by atoms with E-state index in [1.807, 2.05) is 61.5 Å². The highest BCUT2D eigenvalue weighted by Gasteiger charge is 2.12. The number of hydrogen-bond donors (Lipinski definition) is 0. The van der Waals surface area contributed by atoms with E-state index in [0.29, 0.717) is 16.8 Å². The number of carbonyl (C=O) groups is 1. The van der Waals surface area contributed by atoms with Gasteiger partial charge in [0, 0.05) is 27.7 Å². The number of furan rings is 1. The van der Waals surface area contributed by atoms with Crippen molar-refractivity contribution in [1.29, 1.82) is 5.26 Å². The Hall–Kier alpha value is -3.36. The molecule has 0 N–H and O–H groups in total. The Morgan fingerprint density at radius 1 is 1.18 bits per heavy atom. The van der Waals surface area contributed by atoms with Crippen LogP contribution in [0.5, 0.6) is 0 Å². The van der Waals surface area contributed by atoms with Crippen molar-refractivity contribution < 1.29 is 9.21 Å². The van der Waals surface area contributed by atoms with Gasteiger partial charge >= 0.3 is 0 Å². The zero-order chi connectivity index (χ0) is 19.7. The molecule has 4 aromatic rings. The fourth-order valence-electron chi connectivity index (χ4n) is 3.09. The van der Waals surface area contributed by atoms with Gasteiger partial charge in [0.05, 0.1) is 11.1 Å². The molecule has 4 nitrogen and oxygen atoms in total. The number of rotatable bonds is 3. The van der Waals surface area contributed by atoms with E-state index in [-0.39, 0.29) is 5.91 Å². The van der Waals surface area contributed by atoms with Crippen molar-refractivity contribution in [3.8, 4) is 17.4 Å². The molecule has 5 heteroatoms. The standard InChI is InChI=1S/C23H15BrN2O2/c1-15-6-9-19(20(24)12-15)22-10-7-17(28-22)8-11-23(27)26-14-16(13-25)18-4-2-3-5-21(18)26/h2-12,14H,1H3/b11-8+. The third-order valence-electron chi connectivity index (χ3n) is 4.48. The summed E-state index contributed by atoms with van der Waals surface area (Å²) in [4.78, 5) is 12.6. The number of para-hydroxylation sites is 1. The van der Waals surface area contributed by atoms with E-state index in [9.17, 15) is 10.1 Å². The molecular formula is C23H15BrN2O2.